The number of hydrogen-bond acceptors (Lipinski definition) is 3. The van der Waals surface area contributed by atoms with Crippen LogP contribution in [0, 0.1) is 5.92 Å². The fraction of sp³-hybridized carbons (Fsp3) is 0.300. The third-order valence-corrected chi connectivity index (χ3v) is 4.32. The quantitative estimate of drug-likeness (QED) is 0.726. The third-order valence-electron chi connectivity index (χ3n) is 4.32. The van der Waals surface area contributed by atoms with Crippen LogP contribution >= 0.6 is 0 Å². The van der Waals surface area contributed by atoms with Crippen LogP contribution in [0.15, 0.2) is 54.6 Å². The lowest BCUT2D eigenvalue weighted by Gasteiger charge is -2.23. The Morgan fingerprint density at radius 1 is 1.12 bits per heavy atom. The largest absolute Gasteiger partial charge is 0.388 e. The van der Waals surface area contributed by atoms with Gasteiger partial charge in [-0.15, -0.1) is 0 Å². The number of aliphatic hydroxyl groups is 1. The van der Waals surface area contributed by atoms with Gasteiger partial charge in [0.2, 0.25) is 5.91 Å². The molecule has 1 aromatic heterocycles. The van der Waals surface area contributed by atoms with Crippen molar-refractivity contribution in [1.29, 1.82) is 0 Å². The number of hydrogen-bond donors (Lipinski definition) is 2. The Hall–Kier alpha value is -2.66. The molecule has 0 bridgehead atoms. The summed E-state index contributed by atoms with van der Waals surface area (Å²) < 4.78 is 1.77. The number of rotatable bonds is 6. The first-order valence-corrected chi connectivity index (χ1v) is 8.49. The van der Waals surface area contributed by atoms with E-state index in [0.29, 0.717) is 5.82 Å². The molecule has 0 spiro atoms. The van der Waals surface area contributed by atoms with Crippen molar-refractivity contribution in [3.63, 3.8) is 0 Å². The smallest absolute Gasteiger partial charge is 0.240 e. The lowest BCUT2D eigenvalue weighted by Crippen LogP contribution is -2.34. The van der Waals surface area contributed by atoms with Crippen molar-refractivity contribution in [3.8, 4) is 0 Å². The molecule has 0 radical (unpaired) electrons. The lowest BCUT2D eigenvalue weighted by atomic mass is 9.96. The third kappa shape index (κ3) is 3.72. The summed E-state index contributed by atoms with van der Waals surface area (Å²) in [5.41, 5.74) is 2.72. The molecule has 1 atom stereocenters. The number of carbonyl (C=O) groups excluding carboxylic acids is 1. The van der Waals surface area contributed by atoms with Gasteiger partial charge in [-0.2, -0.15) is 0 Å². The Kier molecular flexibility index (Phi) is 5.14. The Labute approximate surface area is 147 Å². The van der Waals surface area contributed by atoms with Gasteiger partial charge in [0.15, 0.2) is 0 Å². The molecular weight excluding hydrogens is 314 g/mol. The van der Waals surface area contributed by atoms with Crippen molar-refractivity contribution in [2.75, 3.05) is 0 Å². The van der Waals surface area contributed by atoms with Gasteiger partial charge in [-0.3, -0.25) is 4.79 Å². The van der Waals surface area contributed by atoms with Gasteiger partial charge in [0.25, 0.3) is 0 Å². The highest BCUT2D eigenvalue weighted by Crippen LogP contribution is 2.22. The second kappa shape index (κ2) is 7.49. The standard InChI is InChI=1S/C20H23N3O2/c1-14(2)20(15-8-4-3-5-9-15)22-19(25)12-23-17-11-7-6-10-16(17)21-18(23)13-24/h3-11,14,20,24H,12-13H2,1-2H3,(H,22,25). The number of aliphatic hydroxyl groups excluding tert-OH is 1. The molecule has 2 N–H and O–H groups in total. The lowest BCUT2D eigenvalue weighted by molar-refractivity contribution is -0.122. The van der Waals surface area contributed by atoms with E-state index in [0.717, 1.165) is 16.6 Å². The maximum atomic E-state index is 12.7. The SMILES string of the molecule is CC(C)C(NC(=O)Cn1c(CO)nc2ccccc21)c1ccccc1. The number of amides is 1. The van der Waals surface area contributed by atoms with Crippen LogP contribution in [0.1, 0.15) is 31.3 Å². The zero-order valence-electron chi connectivity index (χ0n) is 14.5. The van der Waals surface area contributed by atoms with E-state index in [2.05, 4.69) is 24.1 Å². The molecule has 0 aliphatic heterocycles. The van der Waals surface area contributed by atoms with Crippen LogP contribution < -0.4 is 5.32 Å². The number of para-hydroxylation sites is 2. The number of nitrogens with zero attached hydrogens (tertiary/aromatic N) is 2. The molecule has 130 valence electrons. The van der Waals surface area contributed by atoms with E-state index < -0.39 is 0 Å². The van der Waals surface area contributed by atoms with Crippen molar-refractivity contribution >= 4 is 16.9 Å². The Balaban J connectivity index is 1.82. The first-order valence-electron chi connectivity index (χ1n) is 8.49. The van der Waals surface area contributed by atoms with Gasteiger partial charge in [0.1, 0.15) is 19.0 Å². The number of imidazole rings is 1. The van der Waals surface area contributed by atoms with Gasteiger partial charge in [-0.05, 0) is 23.6 Å². The minimum atomic E-state index is -0.200. The predicted octanol–water partition coefficient (Wildman–Crippen LogP) is 3.04. The van der Waals surface area contributed by atoms with E-state index in [1.54, 1.807) is 4.57 Å². The van der Waals surface area contributed by atoms with E-state index in [4.69, 9.17) is 0 Å². The fourth-order valence-electron chi connectivity index (χ4n) is 3.08. The highest BCUT2D eigenvalue weighted by Gasteiger charge is 2.19. The number of fused-ring (bicyclic) bond motifs is 1. The summed E-state index contributed by atoms with van der Waals surface area (Å²) in [5, 5.41) is 12.7. The Morgan fingerprint density at radius 2 is 1.80 bits per heavy atom. The van der Waals surface area contributed by atoms with Crippen molar-refractivity contribution in [2.24, 2.45) is 5.92 Å². The molecule has 5 nitrogen and oxygen atoms in total. The maximum Gasteiger partial charge on any atom is 0.240 e. The van der Waals surface area contributed by atoms with Gasteiger partial charge in [0, 0.05) is 0 Å². The summed E-state index contributed by atoms with van der Waals surface area (Å²) in [6.07, 6.45) is 0. The second-order valence-corrected chi connectivity index (χ2v) is 6.46. The van der Waals surface area contributed by atoms with Gasteiger partial charge >= 0.3 is 0 Å². The van der Waals surface area contributed by atoms with E-state index in [9.17, 15) is 9.90 Å². The minimum Gasteiger partial charge on any atom is -0.388 e. The van der Waals surface area contributed by atoms with Crippen molar-refractivity contribution < 1.29 is 9.90 Å². The molecule has 1 unspecified atom stereocenters. The molecule has 0 aliphatic rings. The number of nitrogens with one attached hydrogen (secondary N) is 1. The first-order chi connectivity index (χ1) is 12.1. The topological polar surface area (TPSA) is 67.2 Å². The molecule has 25 heavy (non-hydrogen) atoms. The summed E-state index contributed by atoms with van der Waals surface area (Å²) >= 11 is 0. The zero-order chi connectivity index (χ0) is 17.8. The van der Waals surface area contributed by atoms with Crippen LogP contribution in [-0.4, -0.2) is 20.6 Å². The van der Waals surface area contributed by atoms with Crippen LogP contribution in [0.5, 0.6) is 0 Å². The highest BCUT2D eigenvalue weighted by atomic mass is 16.3. The second-order valence-electron chi connectivity index (χ2n) is 6.46. The number of carbonyl (C=O) groups is 1. The average molecular weight is 337 g/mol. The first kappa shape index (κ1) is 17.2. The van der Waals surface area contributed by atoms with Crippen LogP contribution in [-0.2, 0) is 17.9 Å². The van der Waals surface area contributed by atoms with E-state index >= 15 is 0 Å². The van der Waals surface area contributed by atoms with Crippen LogP contribution in [0.2, 0.25) is 0 Å². The van der Waals surface area contributed by atoms with E-state index in [1.807, 2.05) is 54.6 Å². The van der Waals surface area contributed by atoms with Crippen molar-refractivity contribution in [1.82, 2.24) is 14.9 Å². The molecular formula is C20H23N3O2. The maximum absolute atomic E-state index is 12.7. The molecule has 0 fully saturated rings. The number of benzene rings is 2. The van der Waals surface area contributed by atoms with Gasteiger partial charge < -0.3 is 15.0 Å². The summed E-state index contributed by atoms with van der Waals surface area (Å²) in [7, 11) is 0. The van der Waals surface area contributed by atoms with Crippen LogP contribution in [0.4, 0.5) is 0 Å². The number of aromatic nitrogens is 2. The van der Waals surface area contributed by atoms with Crippen molar-refractivity contribution in [2.45, 2.75) is 33.0 Å². The summed E-state index contributed by atoms with van der Waals surface area (Å²) in [6.45, 7) is 4.11. The monoisotopic (exact) mass is 337 g/mol. The average Bonchev–Trinajstić information content (AvgIpc) is 2.98. The molecule has 3 aromatic rings. The normalized spacial score (nSPS) is 12.5. The van der Waals surface area contributed by atoms with Gasteiger partial charge in [0.05, 0.1) is 17.1 Å². The molecule has 1 heterocycles. The fourth-order valence-corrected chi connectivity index (χ4v) is 3.08. The zero-order valence-corrected chi connectivity index (χ0v) is 14.5. The summed E-state index contributed by atoms with van der Waals surface area (Å²) in [4.78, 5) is 17.1. The highest BCUT2D eigenvalue weighted by molar-refractivity contribution is 5.81. The Bertz CT molecular complexity index is 856. The molecule has 3 rings (SSSR count). The van der Waals surface area contributed by atoms with Crippen molar-refractivity contribution in [3.05, 3.63) is 66.0 Å². The van der Waals surface area contributed by atoms with E-state index in [1.165, 1.54) is 0 Å². The van der Waals surface area contributed by atoms with E-state index in [-0.39, 0.29) is 31.0 Å². The molecule has 0 aliphatic carbocycles. The van der Waals surface area contributed by atoms with Gasteiger partial charge in [-0.1, -0.05) is 56.3 Å². The van der Waals surface area contributed by atoms with Crippen LogP contribution in [0.3, 0.4) is 0 Å². The molecule has 5 heteroatoms. The molecule has 0 saturated heterocycles. The minimum absolute atomic E-state index is 0.0546. The van der Waals surface area contributed by atoms with Gasteiger partial charge in [-0.25, -0.2) is 4.98 Å². The molecule has 1 amide bonds. The molecule has 2 aromatic carbocycles. The summed E-state index contributed by atoms with van der Waals surface area (Å²) in [5.74, 6) is 0.667. The predicted molar refractivity (Wildman–Crippen MR) is 97.8 cm³/mol. The molecule has 0 saturated carbocycles. The van der Waals surface area contributed by atoms with Crippen LogP contribution in [0.25, 0.3) is 11.0 Å². The summed E-state index contributed by atoms with van der Waals surface area (Å²) in [6, 6.07) is 17.5. The Morgan fingerprint density at radius 3 is 2.48 bits per heavy atom.